The van der Waals surface area contributed by atoms with Gasteiger partial charge in [0.05, 0.1) is 0 Å². The molecule has 96 valence electrons. The van der Waals surface area contributed by atoms with Gasteiger partial charge < -0.3 is 5.32 Å². The third kappa shape index (κ3) is 3.49. The largest absolute Gasteiger partial charge is 0.314 e. The summed E-state index contributed by atoms with van der Waals surface area (Å²) >= 11 is 0. The van der Waals surface area contributed by atoms with E-state index in [1.807, 2.05) is 0 Å². The fourth-order valence-corrected chi connectivity index (χ4v) is 4.07. The summed E-state index contributed by atoms with van der Waals surface area (Å²) < 4.78 is 0. The molecule has 4 atom stereocenters. The Morgan fingerprint density at radius 1 is 1.35 bits per heavy atom. The van der Waals surface area contributed by atoms with E-state index in [9.17, 15) is 0 Å². The van der Waals surface area contributed by atoms with Gasteiger partial charge in [0.1, 0.15) is 0 Å². The smallest absolute Gasteiger partial charge is 0.00866 e. The minimum Gasteiger partial charge on any atom is -0.314 e. The lowest BCUT2D eigenvalue weighted by Crippen LogP contribution is -2.32. The Kier molecular flexibility index (Phi) is 4.92. The van der Waals surface area contributed by atoms with E-state index in [1.54, 1.807) is 0 Å². The number of rotatable bonds is 7. The van der Waals surface area contributed by atoms with Crippen LogP contribution in [-0.2, 0) is 0 Å². The van der Waals surface area contributed by atoms with E-state index in [2.05, 4.69) is 18.2 Å². The van der Waals surface area contributed by atoms with Crippen molar-refractivity contribution in [2.24, 2.45) is 17.8 Å². The fourth-order valence-electron chi connectivity index (χ4n) is 4.07. The predicted octanol–water partition coefficient (Wildman–Crippen LogP) is 3.59. The molecule has 0 heterocycles. The molecule has 0 aliphatic heterocycles. The molecule has 0 radical (unpaired) electrons. The first kappa shape index (κ1) is 13.0. The summed E-state index contributed by atoms with van der Waals surface area (Å²) in [5.41, 5.74) is 0. The molecule has 0 amide bonds. The highest BCUT2D eigenvalue weighted by Gasteiger charge is 2.39. The Labute approximate surface area is 107 Å². The first-order valence-electron chi connectivity index (χ1n) is 7.50. The van der Waals surface area contributed by atoms with Gasteiger partial charge in [-0.25, -0.2) is 0 Å². The van der Waals surface area contributed by atoms with Gasteiger partial charge in [0, 0.05) is 12.5 Å². The van der Waals surface area contributed by atoms with Crippen LogP contribution in [0.2, 0.25) is 0 Å². The second kappa shape index (κ2) is 6.45. The van der Waals surface area contributed by atoms with Crippen molar-refractivity contribution in [3.8, 4) is 12.3 Å². The van der Waals surface area contributed by atoms with Gasteiger partial charge in [0.2, 0.25) is 0 Å². The Bertz CT molecular complexity index is 265. The van der Waals surface area contributed by atoms with Crippen molar-refractivity contribution >= 4 is 0 Å². The fraction of sp³-hybridized carbons (Fsp3) is 0.875. The zero-order valence-electron chi connectivity index (χ0n) is 11.3. The summed E-state index contributed by atoms with van der Waals surface area (Å²) in [6.07, 6.45) is 16.2. The maximum atomic E-state index is 5.33. The third-order valence-electron chi connectivity index (χ3n) is 4.84. The van der Waals surface area contributed by atoms with E-state index in [1.165, 1.54) is 44.9 Å². The second-order valence-electron chi connectivity index (χ2n) is 6.02. The molecule has 1 nitrogen and oxygen atoms in total. The monoisotopic (exact) mass is 233 g/mol. The van der Waals surface area contributed by atoms with Gasteiger partial charge in [-0.05, 0) is 62.8 Å². The van der Waals surface area contributed by atoms with Crippen LogP contribution in [0.3, 0.4) is 0 Å². The summed E-state index contributed by atoms with van der Waals surface area (Å²) in [6.45, 7) is 3.32. The number of nitrogens with one attached hydrogen (secondary N) is 1. The lowest BCUT2D eigenvalue weighted by molar-refractivity contribution is 0.271. The molecule has 2 fully saturated rings. The molecule has 2 saturated carbocycles. The van der Waals surface area contributed by atoms with Crippen LogP contribution >= 0.6 is 0 Å². The molecule has 0 aromatic heterocycles. The van der Waals surface area contributed by atoms with Crippen molar-refractivity contribution in [1.82, 2.24) is 5.32 Å². The molecular formula is C16H27N. The van der Waals surface area contributed by atoms with Crippen LogP contribution in [0.25, 0.3) is 0 Å². The van der Waals surface area contributed by atoms with Crippen molar-refractivity contribution in [2.75, 3.05) is 6.54 Å². The lowest BCUT2D eigenvalue weighted by atomic mass is 9.83. The Morgan fingerprint density at radius 3 is 2.82 bits per heavy atom. The summed E-state index contributed by atoms with van der Waals surface area (Å²) in [5, 5.41) is 3.66. The molecule has 1 N–H and O–H groups in total. The first-order chi connectivity index (χ1) is 8.33. The van der Waals surface area contributed by atoms with Crippen molar-refractivity contribution in [2.45, 2.75) is 64.3 Å². The zero-order chi connectivity index (χ0) is 12.1. The molecule has 4 unspecified atom stereocenters. The van der Waals surface area contributed by atoms with Gasteiger partial charge in [0.25, 0.3) is 0 Å². The van der Waals surface area contributed by atoms with Crippen LogP contribution in [0, 0.1) is 30.1 Å². The normalized spacial score (nSPS) is 32.6. The summed E-state index contributed by atoms with van der Waals surface area (Å²) in [5.74, 6) is 5.92. The highest BCUT2D eigenvalue weighted by Crippen LogP contribution is 2.50. The van der Waals surface area contributed by atoms with Crippen LogP contribution in [0.5, 0.6) is 0 Å². The molecule has 2 rings (SSSR count). The maximum Gasteiger partial charge on any atom is 0.00866 e. The molecular weight excluding hydrogens is 206 g/mol. The van der Waals surface area contributed by atoms with Crippen molar-refractivity contribution in [1.29, 1.82) is 0 Å². The molecule has 0 saturated heterocycles. The van der Waals surface area contributed by atoms with Crippen molar-refractivity contribution in [3.63, 3.8) is 0 Å². The second-order valence-corrected chi connectivity index (χ2v) is 6.02. The lowest BCUT2D eigenvalue weighted by Gasteiger charge is -2.27. The molecule has 1 heteroatoms. The van der Waals surface area contributed by atoms with Crippen LogP contribution in [0.15, 0.2) is 0 Å². The average Bonchev–Trinajstić information content (AvgIpc) is 2.91. The number of fused-ring (bicyclic) bond motifs is 2. The first-order valence-corrected chi connectivity index (χ1v) is 7.50. The van der Waals surface area contributed by atoms with Crippen LogP contribution < -0.4 is 5.32 Å². The molecule has 0 aromatic carbocycles. The Morgan fingerprint density at radius 2 is 2.24 bits per heavy atom. The number of hydrogen-bond donors (Lipinski definition) is 1. The van der Waals surface area contributed by atoms with E-state index < -0.39 is 0 Å². The summed E-state index contributed by atoms with van der Waals surface area (Å²) in [7, 11) is 0. The molecule has 17 heavy (non-hydrogen) atoms. The topological polar surface area (TPSA) is 12.0 Å². The number of hydrogen-bond acceptors (Lipinski definition) is 1. The zero-order valence-corrected chi connectivity index (χ0v) is 11.3. The molecule has 2 bridgehead atoms. The van der Waals surface area contributed by atoms with E-state index in [-0.39, 0.29) is 0 Å². The van der Waals surface area contributed by atoms with Gasteiger partial charge in [-0.15, -0.1) is 12.3 Å². The Hall–Kier alpha value is -0.480. The minimum absolute atomic E-state index is 0.720. The molecule has 0 aromatic rings. The predicted molar refractivity (Wildman–Crippen MR) is 73.7 cm³/mol. The summed E-state index contributed by atoms with van der Waals surface area (Å²) in [4.78, 5) is 0. The van der Waals surface area contributed by atoms with Gasteiger partial charge in [-0.2, -0.15) is 0 Å². The van der Waals surface area contributed by atoms with E-state index >= 15 is 0 Å². The van der Waals surface area contributed by atoms with Gasteiger partial charge in [-0.3, -0.25) is 0 Å². The van der Waals surface area contributed by atoms with Crippen molar-refractivity contribution in [3.05, 3.63) is 0 Å². The highest BCUT2D eigenvalue weighted by molar-refractivity contribution is 4.92. The van der Waals surface area contributed by atoms with Crippen LogP contribution in [0.1, 0.15) is 58.3 Å². The summed E-state index contributed by atoms with van der Waals surface area (Å²) in [6, 6.07) is 0.720. The van der Waals surface area contributed by atoms with Crippen LogP contribution in [0.4, 0.5) is 0 Å². The van der Waals surface area contributed by atoms with E-state index in [4.69, 9.17) is 6.42 Å². The average molecular weight is 233 g/mol. The molecule has 0 spiro atoms. The Balaban J connectivity index is 1.74. The minimum atomic E-state index is 0.720. The van der Waals surface area contributed by atoms with Crippen LogP contribution in [-0.4, -0.2) is 12.6 Å². The van der Waals surface area contributed by atoms with Gasteiger partial charge in [-0.1, -0.05) is 13.3 Å². The van der Waals surface area contributed by atoms with E-state index in [0.717, 1.165) is 36.8 Å². The highest BCUT2D eigenvalue weighted by atomic mass is 14.9. The van der Waals surface area contributed by atoms with Gasteiger partial charge in [0.15, 0.2) is 0 Å². The third-order valence-corrected chi connectivity index (χ3v) is 4.84. The maximum absolute atomic E-state index is 5.33. The quantitative estimate of drug-likeness (QED) is 0.523. The van der Waals surface area contributed by atoms with Gasteiger partial charge >= 0.3 is 0 Å². The van der Waals surface area contributed by atoms with Crippen molar-refractivity contribution < 1.29 is 0 Å². The molecule has 2 aliphatic carbocycles. The SMILES string of the molecule is C#CCCCC(CC1CC2CCC1C2)NCC. The standard InChI is InChI=1S/C16H27N/c1-3-5-6-7-16(17-4-2)12-15-11-13-8-9-14(15)10-13/h1,13-17H,4-12H2,2H3. The number of unbranched alkanes of at least 4 members (excludes halogenated alkanes) is 1. The number of terminal acetylenes is 1. The molecule has 2 aliphatic rings. The van der Waals surface area contributed by atoms with E-state index in [0.29, 0.717) is 0 Å².